The first-order chi connectivity index (χ1) is 17.6. The molecule has 0 atom stereocenters. The SMILES string of the molecule is O=C(Cc1ccc(F)cc1)Nc1sc2c(c1-c1nc3ccccc3s1)CCN(Cc1ccccc1)C2. The third kappa shape index (κ3) is 4.82. The summed E-state index contributed by atoms with van der Waals surface area (Å²) in [5, 5.41) is 4.97. The van der Waals surface area contributed by atoms with E-state index in [1.165, 1.54) is 28.1 Å². The molecule has 180 valence electrons. The minimum Gasteiger partial charge on any atom is -0.317 e. The number of nitrogens with one attached hydrogen (secondary N) is 1. The Morgan fingerprint density at radius 1 is 0.944 bits per heavy atom. The van der Waals surface area contributed by atoms with Gasteiger partial charge in [0.1, 0.15) is 15.8 Å². The number of halogens is 1. The molecule has 1 aliphatic heterocycles. The normalized spacial score (nSPS) is 13.6. The predicted octanol–water partition coefficient (Wildman–Crippen LogP) is 6.90. The van der Waals surface area contributed by atoms with Gasteiger partial charge in [0, 0.05) is 30.1 Å². The highest BCUT2D eigenvalue weighted by Gasteiger charge is 2.28. The molecule has 0 saturated heterocycles. The molecular weight excluding hydrogens is 489 g/mol. The fourth-order valence-corrected chi connectivity index (χ4v) is 7.10. The Morgan fingerprint density at radius 3 is 2.53 bits per heavy atom. The van der Waals surface area contributed by atoms with Crippen LogP contribution in [0.5, 0.6) is 0 Å². The number of thiazole rings is 1. The van der Waals surface area contributed by atoms with Crippen LogP contribution in [0.25, 0.3) is 20.8 Å². The third-order valence-electron chi connectivity index (χ3n) is 6.42. The van der Waals surface area contributed by atoms with Gasteiger partial charge in [0.05, 0.1) is 16.6 Å². The number of aromatic nitrogens is 1. The first kappa shape index (κ1) is 23.0. The van der Waals surface area contributed by atoms with Crippen molar-refractivity contribution in [3.63, 3.8) is 0 Å². The molecule has 0 saturated carbocycles. The zero-order chi connectivity index (χ0) is 24.5. The van der Waals surface area contributed by atoms with Crippen LogP contribution in [0.2, 0.25) is 0 Å². The number of benzene rings is 3. The lowest BCUT2D eigenvalue weighted by molar-refractivity contribution is -0.115. The molecule has 6 rings (SSSR count). The van der Waals surface area contributed by atoms with Crippen molar-refractivity contribution in [1.82, 2.24) is 9.88 Å². The van der Waals surface area contributed by atoms with Crippen LogP contribution in [0, 0.1) is 5.82 Å². The summed E-state index contributed by atoms with van der Waals surface area (Å²) in [5.41, 5.74) is 5.41. The van der Waals surface area contributed by atoms with Crippen LogP contribution < -0.4 is 5.32 Å². The second kappa shape index (κ2) is 9.93. The van der Waals surface area contributed by atoms with Gasteiger partial charge in [-0.15, -0.1) is 22.7 Å². The summed E-state index contributed by atoms with van der Waals surface area (Å²) in [5.74, 6) is -0.410. The van der Waals surface area contributed by atoms with Gasteiger partial charge in [-0.2, -0.15) is 0 Å². The molecule has 0 radical (unpaired) electrons. The van der Waals surface area contributed by atoms with E-state index in [2.05, 4.69) is 40.5 Å². The Kier molecular flexibility index (Phi) is 6.35. The summed E-state index contributed by atoms with van der Waals surface area (Å²) >= 11 is 3.32. The Bertz CT molecular complexity index is 1490. The van der Waals surface area contributed by atoms with Gasteiger partial charge in [-0.25, -0.2) is 9.37 Å². The van der Waals surface area contributed by atoms with Crippen LogP contribution >= 0.6 is 22.7 Å². The molecule has 1 aliphatic rings. The van der Waals surface area contributed by atoms with Crippen molar-refractivity contribution in [2.45, 2.75) is 25.9 Å². The number of para-hydroxylation sites is 1. The largest absolute Gasteiger partial charge is 0.317 e. The summed E-state index contributed by atoms with van der Waals surface area (Å²) < 4.78 is 14.4. The Morgan fingerprint density at radius 2 is 1.72 bits per heavy atom. The molecule has 1 N–H and O–H groups in total. The smallest absolute Gasteiger partial charge is 0.229 e. The fourth-order valence-electron chi connectivity index (χ4n) is 4.68. The van der Waals surface area contributed by atoms with Crippen LogP contribution in [0.1, 0.15) is 21.6 Å². The van der Waals surface area contributed by atoms with Gasteiger partial charge in [-0.1, -0.05) is 54.6 Å². The fraction of sp³-hybridized carbons (Fsp3) is 0.172. The van der Waals surface area contributed by atoms with Gasteiger partial charge < -0.3 is 5.32 Å². The molecular formula is C29H24FN3OS2. The summed E-state index contributed by atoms with van der Waals surface area (Å²) in [6.07, 6.45) is 1.11. The molecule has 3 heterocycles. The van der Waals surface area contributed by atoms with E-state index in [-0.39, 0.29) is 18.1 Å². The van der Waals surface area contributed by atoms with Gasteiger partial charge in [0.25, 0.3) is 0 Å². The monoisotopic (exact) mass is 513 g/mol. The minimum atomic E-state index is -0.303. The quantitative estimate of drug-likeness (QED) is 0.269. The topological polar surface area (TPSA) is 45.2 Å². The summed E-state index contributed by atoms with van der Waals surface area (Å²) in [6.45, 7) is 2.71. The van der Waals surface area contributed by atoms with Crippen molar-refractivity contribution in [3.8, 4) is 10.6 Å². The van der Waals surface area contributed by atoms with Crippen molar-refractivity contribution >= 4 is 43.8 Å². The van der Waals surface area contributed by atoms with E-state index in [1.54, 1.807) is 34.8 Å². The first-order valence-corrected chi connectivity index (χ1v) is 13.6. The molecule has 7 heteroatoms. The molecule has 3 aromatic carbocycles. The number of carbonyl (C=O) groups is 1. The molecule has 2 aromatic heterocycles. The first-order valence-electron chi connectivity index (χ1n) is 11.9. The highest BCUT2D eigenvalue weighted by Crippen LogP contribution is 2.45. The molecule has 0 fully saturated rings. The van der Waals surface area contributed by atoms with E-state index >= 15 is 0 Å². The van der Waals surface area contributed by atoms with Gasteiger partial charge in [0.15, 0.2) is 0 Å². The molecule has 4 nitrogen and oxygen atoms in total. The number of rotatable bonds is 6. The Hall–Kier alpha value is -3.39. The number of carbonyl (C=O) groups excluding carboxylic acids is 1. The van der Waals surface area contributed by atoms with Crippen LogP contribution in [-0.4, -0.2) is 22.3 Å². The lowest BCUT2D eigenvalue weighted by Gasteiger charge is -2.27. The Labute approximate surface area is 217 Å². The van der Waals surface area contributed by atoms with Gasteiger partial charge in [0.2, 0.25) is 5.91 Å². The zero-order valence-electron chi connectivity index (χ0n) is 19.5. The average Bonchev–Trinajstić information content (AvgIpc) is 3.46. The average molecular weight is 514 g/mol. The summed E-state index contributed by atoms with van der Waals surface area (Å²) in [7, 11) is 0. The van der Waals surface area contributed by atoms with Crippen molar-refractivity contribution in [1.29, 1.82) is 0 Å². The number of nitrogens with zero attached hydrogens (tertiary/aromatic N) is 2. The molecule has 0 spiro atoms. The molecule has 1 amide bonds. The minimum absolute atomic E-state index is 0.108. The molecule has 0 aliphatic carbocycles. The summed E-state index contributed by atoms with van der Waals surface area (Å²) in [4.78, 5) is 21.7. The van der Waals surface area contributed by atoms with E-state index in [1.807, 2.05) is 24.3 Å². The Balaban J connectivity index is 1.32. The highest BCUT2D eigenvalue weighted by atomic mass is 32.1. The van der Waals surface area contributed by atoms with E-state index < -0.39 is 0 Å². The number of hydrogen-bond donors (Lipinski definition) is 1. The molecule has 36 heavy (non-hydrogen) atoms. The van der Waals surface area contributed by atoms with Crippen molar-refractivity contribution in [3.05, 3.63) is 106 Å². The van der Waals surface area contributed by atoms with E-state index in [0.717, 1.165) is 57.4 Å². The van der Waals surface area contributed by atoms with Crippen LogP contribution in [0.4, 0.5) is 9.39 Å². The second-order valence-corrected chi connectivity index (χ2v) is 11.1. The van der Waals surface area contributed by atoms with Crippen LogP contribution in [0.3, 0.4) is 0 Å². The summed E-state index contributed by atoms with van der Waals surface area (Å²) in [6, 6.07) is 24.8. The van der Waals surface area contributed by atoms with Gasteiger partial charge >= 0.3 is 0 Å². The number of hydrogen-bond acceptors (Lipinski definition) is 5. The number of anilines is 1. The second-order valence-electron chi connectivity index (χ2n) is 8.99. The highest BCUT2D eigenvalue weighted by molar-refractivity contribution is 7.22. The number of fused-ring (bicyclic) bond motifs is 2. The zero-order valence-corrected chi connectivity index (χ0v) is 21.2. The van der Waals surface area contributed by atoms with Gasteiger partial charge in [-0.05, 0) is 47.4 Å². The van der Waals surface area contributed by atoms with E-state index in [9.17, 15) is 9.18 Å². The van der Waals surface area contributed by atoms with Crippen molar-refractivity contribution in [2.75, 3.05) is 11.9 Å². The molecule has 0 unspecified atom stereocenters. The predicted molar refractivity (Wildman–Crippen MR) is 146 cm³/mol. The third-order valence-corrected chi connectivity index (χ3v) is 8.61. The van der Waals surface area contributed by atoms with Crippen LogP contribution in [-0.2, 0) is 30.7 Å². The lowest BCUT2D eigenvalue weighted by Crippen LogP contribution is -2.29. The van der Waals surface area contributed by atoms with Gasteiger partial charge in [-0.3, -0.25) is 9.69 Å². The van der Waals surface area contributed by atoms with E-state index in [4.69, 9.17) is 4.98 Å². The van der Waals surface area contributed by atoms with E-state index in [0.29, 0.717) is 0 Å². The standard InChI is InChI=1S/C29H24FN3OS2/c30-21-12-10-19(11-13-21)16-26(34)32-29-27(28-31-23-8-4-5-9-24(23)35-28)22-14-15-33(18-25(22)36-29)17-20-6-2-1-3-7-20/h1-13H,14-18H2,(H,32,34). The number of amides is 1. The lowest BCUT2D eigenvalue weighted by atomic mass is 10.0. The molecule has 5 aromatic rings. The maximum atomic E-state index is 13.3. The van der Waals surface area contributed by atoms with Crippen LogP contribution in [0.15, 0.2) is 78.9 Å². The molecule has 0 bridgehead atoms. The van der Waals surface area contributed by atoms with Crippen molar-refractivity contribution in [2.24, 2.45) is 0 Å². The maximum Gasteiger partial charge on any atom is 0.229 e. The maximum absolute atomic E-state index is 13.3. The van der Waals surface area contributed by atoms with Crippen molar-refractivity contribution < 1.29 is 9.18 Å². The number of thiophene rings is 1.